The van der Waals surface area contributed by atoms with Gasteiger partial charge in [-0.2, -0.15) is 0 Å². The molecular formula is C15H17N3. The first kappa shape index (κ1) is 12.0. The fraction of sp³-hybridized carbons (Fsp3) is 0.0667. The molecule has 2 aromatic rings. The number of nitrogens with one attached hydrogen (secondary N) is 1. The molecule has 2 rings (SSSR count). The Morgan fingerprint density at radius 3 is 2.39 bits per heavy atom. The Morgan fingerprint density at radius 1 is 1.00 bits per heavy atom. The lowest BCUT2D eigenvalue weighted by Gasteiger charge is -2.12. The molecule has 92 valence electrons. The van der Waals surface area contributed by atoms with Crippen LogP contribution in [0.15, 0.2) is 48.5 Å². The van der Waals surface area contributed by atoms with Gasteiger partial charge in [0.2, 0.25) is 0 Å². The summed E-state index contributed by atoms with van der Waals surface area (Å²) in [5.74, 6) is 0. The Morgan fingerprint density at radius 2 is 1.72 bits per heavy atom. The second kappa shape index (κ2) is 5.27. The average Bonchev–Trinajstić information content (AvgIpc) is 2.36. The minimum absolute atomic E-state index is 0.752. The lowest BCUT2D eigenvalue weighted by atomic mass is 10.1. The summed E-state index contributed by atoms with van der Waals surface area (Å²) < 4.78 is 0. The number of hydrogen-bond donors (Lipinski definition) is 3. The number of nitrogen functional groups attached to an aromatic ring is 2. The lowest BCUT2D eigenvalue weighted by molar-refractivity contribution is 1.52. The molecular weight excluding hydrogens is 222 g/mol. The molecule has 3 nitrogen and oxygen atoms in total. The van der Waals surface area contributed by atoms with Crippen molar-refractivity contribution in [2.24, 2.45) is 0 Å². The van der Waals surface area contributed by atoms with E-state index >= 15 is 0 Å². The molecule has 18 heavy (non-hydrogen) atoms. The van der Waals surface area contributed by atoms with Gasteiger partial charge in [0.05, 0.1) is 0 Å². The summed E-state index contributed by atoms with van der Waals surface area (Å²) in [5, 5.41) is 3.34. The van der Waals surface area contributed by atoms with Gasteiger partial charge in [0.15, 0.2) is 0 Å². The van der Waals surface area contributed by atoms with Crippen LogP contribution < -0.4 is 16.8 Å². The van der Waals surface area contributed by atoms with Gasteiger partial charge >= 0.3 is 0 Å². The fourth-order valence-corrected chi connectivity index (χ4v) is 1.77. The summed E-state index contributed by atoms with van der Waals surface area (Å²) in [5.41, 5.74) is 16.1. The lowest BCUT2D eigenvalue weighted by Crippen LogP contribution is -1.97. The Balaban J connectivity index is 2.34. The molecule has 2 aromatic carbocycles. The van der Waals surface area contributed by atoms with Crippen LogP contribution in [0, 0.1) is 0 Å². The number of rotatable bonds is 3. The van der Waals surface area contributed by atoms with Crippen molar-refractivity contribution < 1.29 is 0 Å². The van der Waals surface area contributed by atoms with E-state index in [1.807, 2.05) is 61.5 Å². The van der Waals surface area contributed by atoms with E-state index in [4.69, 9.17) is 11.5 Å². The van der Waals surface area contributed by atoms with Gasteiger partial charge in [-0.25, -0.2) is 0 Å². The van der Waals surface area contributed by atoms with Crippen LogP contribution in [-0.4, -0.2) is 0 Å². The number of hydrogen-bond acceptors (Lipinski definition) is 3. The second-order valence-electron chi connectivity index (χ2n) is 4.06. The van der Waals surface area contributed by atoms with Crippen molar-refractivity contribution in [2.75, 3.05) is 16.8 Å². The molecule has 0 radical (unpaired) electrons. The highest BCUT2D eigenvalue weighted by atomic mass is 14.9. The summed E-state index contributed by atoms with van der Waals surface area (Å²) >= 11 is 0. The third-order valence-electron chi connectivity index (χ3n) is 2.66. The molecule has 0 amide bonds. The molecule has 0 aliphatic heterocycles. The Labute approximate surface area is 107 Å². The highest BCUT2D eigenvalue weighted by Crippen LogP contribution is 2.27. The molecule has 0 unspecified atom stereocenters. The SMILES string of the molecule is CC=Cc1c(N)cccc1Nc1ccc(N)cc1. The molecule has 0 fully saturated rings. The highest BCUT2D eigenvalue weighted by molar-refractivity contribution is 5.79. The van der Waals surface area contributed by atoms with Crippen molar-refractivity contribution in [3.05, 3.63) is 54.1 Å². The highest BCUT2D eigenvalue weighted by Gasteiger charge is 2.03. The van der Waals surface area contributed by atoms with E-state index in [-0.39, 0.29) is 0 Å². The summed E-state index contributed by atoms with van der Waals surface area (Å²) in [6, 6.07) is 13.4. The van der Waals surface area contributed by atoms with Crippen molar-refractivity contribution in [3.63, 3.8) is 0 Å². The molecule has 0 saturated heterocycles. The predicted molar refractivity (Wildman–Crippen MR) is 79.7 cm³/mol. The van der Waals surface area contributed by atoms with Gasteiger partial charge in [-0.15, -0.1) is 0 Å². The summed E-state index contributed by atoms with van der Waals surface area (Å²) in [4.78, 5) is 0. The van der Waals surface area contributed by atoms with Crippen LogP contribution in [0.4, 0.5) is 22.7 Å². The van der Waals surface area contributed by atoms with Gasteiger partial charge in [-0.1, -0.05) is 18.2 Å². The number of nitrogens with two attached hydrogens (primary N) is 2. The molecule has 0 aromatic heterocycles. The smallest absolute Gasteiger partial charge is 0.0478 e. The average molecular weight is 239 g/mol. The molecule has 0 atom stereocenters. The molecule has 0 spiro atoms. The largest absolute Gasteiger partial charge is 0.399 e. The maximum Gasteiger partial charge on any atom is 0.0478 e. The number of benzene rings is 2. The first-order valence-electron chi connectivity index (χ1n) is 5.84. The van der Waals surface area contributed by atoms with Crippen LogP contribution >= 0.6 is 0 Å². The van der Waals surface area contributed by atoms with E-state index < -0.39 is 0 Å². The number of allylic oxidation sites excluding steroid dienone is 1. The van der Waals surface area contributed by atoms with E-state index in [2.05, 4.69) is 5.32 Å². The molecule has 0 heterocycles. The van der Waals surface area contributed by atoms with Gasteiger partial charge in [-0.3, -0.25) is 0 Å². The third-order valence-corrected chi connectivity index (χ3v) is 2.66. The molecule has 3 heteroatoms. The normalized spacial score (nSPS) is 10.7. The van der Waals surface area contributed by atoms with Crippen molar-refractivity contribution in [1.29, 1.82) is 0 Å². The molecule has 5 N–H and O–H groups in total. The van der Waals surface area contributed by atoms with Crippen molar-refractivity contribution >= 4 is 28.8 Å². The first-order chi connectivity index (χ1) is 8.70. The van der Waals surface area contributed by atoms with Gasteiger partial charge in [0.25, 0.3) is 0 Å². The Kier molecular flexibility index (Phi) is 3.53. The van der Waals surface area contributed by atoms with Crippen LogP contribution in [0.3, 0.4) is 0 Å². The van der Waals surface area contributed by atoms with Crippen LogP contribution in [0.5, 0.6) is 0 Å². The van der Waals surface area contributed by atoms with Crippen LogP contribution in [0.25, 0.3) is 6.08 Å². The first-order valence-corrected chi connectivity index (χ1v) is 5.84. The minimum Gasteiger partial charge on any atom is -0.399 e. The molecule has 0 aliphatic rings. The van der Waals surface area contributed by atoms with E-state index in [1.165, 1.54) is 0 Å². The Hall–Kier alpha value is -2.42. The fourth-order valence-electron chi connectivity index (χ4n) is 1.77. The Bertz CT molecular complexity index is 556. The maximum absolute atomic E-state index is 5.97. The van der Waals surface area contributed by atoms with Crippen LogP contribution in [0.1, 0.15) is 12.5 Å². The van der Waals surface area contributed by atoms with Gasteiger partial charge in [-0.05, 0) is 43.3 Å². The van der Waals surface area contributed by atoms with Gasteiger partial charge < -0.3 is 16.8 Å². The molecule has 0 bridgehead atoms. The monoisotopic (exact) mass is 239 g/mol. The van der Waals surface area contributed by atoms with E-state index in [9.17, 15) is 0 Å². The van der Waals surface area contributed by atoms with E-state index in [0.29, 0.717) is 0 Å². The molecule has 0 aliphatic carbocycles. The maximum atomic E-state index is 5.97. The van der Waals surface area contributed by atoms with Crippen LogP contribution in [-0.2, 0) is 0 Å². The zero-order valence-corrected chi connectivity index (χ0v) is 10.4. The van der Waals surface area contributed by atoms with Crippen molar-refractivity contribution in [1.82, 2.24) is 0 Å². The summed E-state index contributed by atoms with van der Waals surface area (Å²) in [7, 11) is 0. The second-order valence-corrected chi connectivity index (χ2v) is 4.06. The van der Waals surface area contributed by atoms with Gasteiger partial charge in [0, 0.05) is 28.3 Å². The third kappa shape index (κ3) is 2.63. The summed E-state index contributed by atoms with van der Waals surface area (Å²) in [6.45, 7) is 1.97. The standard InChI is InChI=1S/C15H17N3/c1-2-4-13-14(17)5-3-6-15(13)18-12-9-7-11(16)8-10-12/h2-10,18H,16-17H2,1H3. The van der Waals surface area contributed by atoms with Crippen molar-refractivity contribution in [2.45, 2.75) is 6.92 Å². The topological polar surface area (TPSA) is 64.1 Å². The minimum atomic E-state index is 0.752. The predicted octanol–water partition coefficient (Wildman–Crippen LogP) is 3.63. The zero-order valence-electron chi connectivity index (χ0n) is 10.4. The van der Waals surface area contributed by atoms with Crippen molar-refractivity contribution in [3.8, 4) is 0 Å². The molecule has 0 saturated carbocycles. The quantitative estimate of drug-likeness (QED) is 0.717. The number of anilines is 4. The van der Waals surface area contributed by atoms with E-state index in [0.717, 1.165) is 28.3 Å². The van der Waals surface area contributed by atoms with Gasteiger partial charge in [0.1, 0.15) is 0 Å². The zero-order chi connectivity index (χ0) is 13.0. The summed E-state index contributed by atoms with van der Waals surface area (Å²) in [6.07, 6.45) is 3.97. The van der Waals surface area contributed by atoms with Crippen LogP contribution in [0.2, 0.25) is 0 Å². The van der Waals surface area contributed by atoms with E-state index in [1.54, 1.807) is 0 Å².